The van der Waals surface area contributed by atoms with E-state index < -0.39 is 6.04 Å². The molecule has 0 saturated carbocycles. The van der Waals surface area contributed by atoms with Gasteiger partial charge in [0.15, 0.2) is 0 Å². The van der Waals surface area contributed by atoms with E-state index >= 15 is 0 Å². The third-order valence-corrected chi connectivity index (χ3v) is 7.74. The van der Waals surface area contributed by atoms with E-state index in [0.717, 1.165) is 0 Å². The topological polar surface area (TPSA) is 12.0 Å². The summed E-state index contributed by atoms with van der Waals surface area (Å²) in [6.45, 7) is 2.24. The highest BCUT2D eigenvalue weighted by Crippen LogP contribution is 2.49. The van der Waals surface area contributed by atoms with Gasteiger partial charge in [0.2, 0.25) is 0 Å². The highest BCUT2D eigenvalue weighted by molar-refractivity contribution is 8.22. The van der Waals surface area contributed by atoms with Gasteiger partial charge < -0.3 is 5.32 Å². The van der Waals surface area contributed by atoms with Gasteiger partial charge in [0.1, 0.15) is 0 Å². The monoisotopic (exact) mass is 295 g/mol. The highest BCUT2D eigenvalue weighted by Gasteiger charge is 2.28. The Morgan fingerprint density at radius 2 is 1.60 bits per heavy atom. The predicted molar refractivity (Wildman–Crippen MR) is 93.1 cm³/mol. The van der Waals surface area contributed by atoms with E-state index in [9.17, 15) is 0 Å². The molecule has 0 amide bonds. The van der Waals surface area contributed by atoms with Crippen LogP contribution in [0.3, 0.4) is 0 Å². The van der Waals surface area contributed by atoms with Crippen molar-refractivity contribution in [2.75, 3.05) is 12.0 Å². The van der Waals surface area contributed by atoms with Crippen molar-refractivity contribution < 1.29 is 0 Å². The van der Waals surface area contributed by atoms with Crippen LogP contribution in [0, 0.1) is 0 Å². The highest BCUT2D eigenvalue weighted by atomic mass is 32.4. The van der Waals surface area contributed by atoms with Crippen molar-refractivity contribution in [3.05, 3.63) is 60.7 Å². The minimum absolute atomic E-state index is 1.17. The SMILES string of the molecule is CP1(=S)c2ccccc2Nc2ccc3ccccc3c21. The van der Waals surface area contributed by atoms with E-state index in [-0.39, 0.29) is 0 Å². The van der Waals surface area contributed by atoms with Crippen molar-refractivity contribution in [1.29, 1.82) is 0 Å². The number of hydrogen-bond acceptors (Lipinski definition) is 2. The third-order valence-electron chi connectivity index (χ3n) is 3.96. The average Bonchev–Trinajstić information content (AvgIpc) is 2.46. The fourth-order valence-electron chi connectivity index (χ4n) is 3.03. The first kappa shape index (κ1) is 12.1. The molecule has 1 aliphatic rings. The lowest BCUT2D eigenvalue weighted by atomic mass is 10.1. The molecule has 0 aromatic heterocycles. The lowest BCUT2D eigenvalue weighted by molar-refractivity contribution is 1.59. The fourth-order valence-corrected chi connectivity index (χ4v) is 6.56. The Morgan fingerprint density at radius 1 is 0.850 bits per heavy atom. The van der Waals surface area contributed by atoms with Gasteiger partial charge in [0.05, 0.1) is 0 Å². The number of hydrogen-bond donors (Lipinski definition) is 1. The molecule has 1 N–H and O–H groups in total. The first-order valence-corrected chi connectivity index (χ1v) is 9.89. The van der Waals surface area contributed by atoms with Crippen LogP contribution in [-0.2, 0) is 11.8 Å². The number of benzene rings is 3. The Labute approximate surface area is 123 Å². The molecule has 1 heterocycles. The third kappa shape index (κ3) is 1.59. The second-order valence-electron chi connectivity index (χ2n) is 5.25. The zero-order valence-corrected chi connectivity index (χ0v) is 12.8. The molecule has 1 atom stereocenters. The van der Waals surface area contributed by atoms with Crippen LogP contribution in [0.2, 0.25) is 0 Å². The first-order valence-electron chi connectivity index (χ1n) is 6.64. The molecule has 4 rings (SSSR count). The van der Waals surface area contributed by atoms with Crippen molar-refractivity contribution in [3.63, 3.8) is 0 Å². The van der Waals surface area contributed by atoms with Gasteiger partial charge in [-0.05, 0) is 29.6 Å². The molecule has 0 bridgehead atoms. The molecule has 98 valence electrons. The molecule has 3 aromatic rings. The number of nitrogens with one attached hydrogen (secondary N) is 1. The van der Waals surface area contributed by atoms with Gasteiger partial charge in [0.25, 0.3) is 0 Å². The summed E-state index contributed by atoms with van der Waals surface area (Å²) < 4.78 is 0. The summed E-state index contributed by atoms with van der Waals surface area (Å²) in [6, 6.07) is 19.6. The molecule has 3 heteroatoms. The Hall–Kier alpha value is -1.63. The predicted octanol–water partition coefficient (Wildman–Crippen LogP) is 3.96. The maximum atomic E-state index is 6.10. The zero-order chi connectivity index (χ0) is 13.7. The van der Waals surface area contributed by atoms with E-state index in [1.54, 1.807) is 0 Å². The molecular weight excluding hydrogens is 281 g/mol. The van der Waals surface area contributed by atoms with Gasteiger partial charge in [-0.2, -0.15) is 0 Å². The maximum Gasteiger partial charge on any atom is 0.0479 e. The molecule has 0 radical (unpaired) electrons. The molecule has 20 heavy (non-hydrogen) atoms. The maximum absolute atomic E-state index is 6.10. The summed E-state index contributed by atoms with van der Waals surface area (Å²) in [7, 11) is 0. The van der Waals surface area contributed by atoms with Gasteiger partial charge in [0, 0.05) is 28.0 Å². The van der Waals surface area contributed by atoms with Crippen LogP contribution in [0.1, 0.15) is 0 Å². The van der Waals surface area contributed by atoms with Crippen LogP contribution in [0.15, 0.2) is 60.7 Å². The average molecular weight is 295 g/mol. The second kappa shape index (κ2) is 4.18. The van der Waals surface area contributed by atoms with Crippen molar-refractivity contribution >= 4 is 50.6 Å². The van der Waals surface area contributed by atoms with Gasteiger partial charge in [-0.15, -0.1) is 0 Å². The van der Waals surface area contributed by atoms with E-state index in [4.69, 9.17) is 11.8 Å². The lowest BCUT2D eigenvalue weighted by Crippen LogP contribution is -2.26. The number of anilines is 2. The number of rotatable bonds is 0. The van der Waals surface area contributed by atoms with Gasteiger partial charge in [-0.1, -0.05) is 60.3 Å². The van der Waals surface area contributed by atoms with Crippen molar-refractivity contribution in [3.8, 4) is 0 Å². The van der Waals surface area contributed by atoms with Gasteiger partial charge >= 0.3 is 0 Å². The molecule has 1 aliphatic heterocycles. The molecule has 0 aliphatic carbocycles. The molecule has 0 saturated heterocycles. The Morgan fingerprint density at radius 3 is 2.50 bits per heavy atom. The quantitative estimate of drug-likeness (QED) is 0.630. The van der Waals surface area contributed by atoms with Crippen LogP contribution in [0.4, 0.5) is 11.4 Å². The minimum atomic E-state index is -1.74. The van der Waals surface area contributed by atoms with Gasteiger partial charge in [-0.3, -0.25) is 0 Å². The first-order chi connectivity index (χ1) is 9.68. The van der Waals surface area contributed by atoms with E-state index in [0.29, 0.717) is 0 Å². The van der Waals surface area contributed by atoms with E-state index in [1.165, 1.54) is 32.8 Å². The Bertz CT molecular complexity index is 885. The molecule has 0 fully saturated rings. The molecule has 0 spiro atoms. The Kier molecular flexibility index (Phi) is 2.54. The van der Waals surface area contributed by atoms with Crippen molar-refractivity contribution in [2.24, 2.45) is 0 Å². The van der Waals surface area contributed by atoms with Crippen LogP contribution < -0.4 is 15.9 Å². The lowest BCUT2D eigenvalue weighted by Gasteiger charge is -2.31. The summed E-state index contributed by atoms with van der Waals surface area (Å²) in [5.74, 6) is 0. The van der Waals surface area contributed by atoms with Crippen LogP contribution in [0.5, 0.6) is 0 Å². The van der Waals surface area contributed by atoms with Gasteiger partial charge in [-0.25, -0.2) is 0 Å². The molecule has 1 nitrogen and oxygen atoms in total. The zero-order valence-electron chi connectivity index (χ0n) is 11.1. The minimum Gasteiger partial charge on any atom is -0.354 e. The number of para-hydroxylation sites is 1. The van der Waals surface area contributed by atoms with Crippen LogP contribution >= 0.6 is 6.04 Å². The largest absolute Gasteiger partial charge is 0.354 e. The summed E-state index contributed by atoms with van der Waals surface area (Å²) in [5, 5.41) is 8.72. The van der Waals surface area contributed by atoms with E-state index in [2.05, 4.69) is 72.6 Å². The van der Waals surface area contributed by atoms with Crippen molar-refractivity contribution in [2.45, 2.75) is 0 Å². The number of fused-ring (bicyclic) bond motifs is 4. The summed E-state index contributed by atoms with van der Waals surface area (Å²) >= 11 is 6.10. The van der Waals surface area contributed by atoms with Crippen molar-refractivity contribution in [1.82, 2.24) is 0 Å². The van der Waals surface area contributed by atoms with Crippen LogP contribution in [-0.4, -0.2) is 6.66 Å². The van der Waals surface area contributed by atoms with Crippen LogP contribution in [0.25, 0.3) is 10.8 Å². The smallest absolute Gasteiger partial charge is 0.0479 e. The van der Waals surface area contributed by atoms with E-state index in [1.807, 2.05) is 0 Å². The molecular formula is C17H14NPS. The summed E-state index contributed by atoms with van der Waals surface area (Å²) in [6.07, 6.45) is 0. The Balaban J connectivity index is 2.13. The summed E-state index contributed by atoms with van der Waals surface area (Å²) in [4.78, 5) is 0. The second-order valence-corrected chi connectivity index (χ2v) is 10.2. The molecule has 1 unspecified atom stereocenters. The normalized spacial score (nSPS) is 20.1. The molecule has 3 aromatic carbocycles. The summed E-state index contributed by atoms with van der Waals surface area (Å²) in [5.41, 5.74) is 2.34. The fraction of sp³-hybridized carbons (Fsp3) is 0.0588. The standard InChI is InChI=1S/C17H14NPS/c1-19(20)16-9-5-4-8-14(16)18-15-11-10-12-6-2-3-7-13(12)17(15)19/h2-11,18H,1H3.